The van der Waals surface area contributed by atoms with Crippen molar-refractivity contribution in [1.29, 1.82) is 0 Å². The first-order chi connectivity index (χ1) is 10.6. The van der Waals surface area contributed by atoms with Gasteiger partial charge in [-0.15, -0.1) is 0 Å². The fourth-order valence-electron chi connectivity index (χ4n) is 2.95. The molecule has 22 heavy (non-hydrogen) atoms. The molecule has 0 saturated heterocycles. The van der Waals surface area contributed by atoms with Gasteiger partial charge in [0.25, 0.3) is 0 Å². The second-order valence-corrected chi connectivity index (χ2v) is 5.51. The van der Waals surface area contributed by atoms with Gasteiger partial charge in [-0.05, 0) is 40.4 Å². The molecule has 116 valence electrons. The molecule has 0 aromatic carbocycles. The van der Waals surface area contributed by atoms with Crippen LogP contribution in [0.15, 0.2) is 24.5 Å². The van der Waals surface area contributed by atoms with Gasteiger partial charge in [-0.2, -0.15) is 4.68 Å². The lowest BCUT2D eigenvalue weighted by Gasteiger charge is -2.27. The number of anilines is 1. The van der Waals surface area contributed by atoms with E-state index in [-0.39, 0.29) is 5.95 Å². The number of nitro groups is 1. The van der Waals surface area contributed by atoms with Crippen LogP contribution < -0.4 is 4.90 Å². The summed E-state index contributed by atoms with van der Waals surface area (Å²) in [5.74, 6) is 0.200. The SMILES string of the molecule is Cn1nc([N+](=O)[O-])nc1N(Cc1ccncc1)C1CCCC1. The van der Waals surface area contributed by atoms with E-state index >= 15 is 0 Å². The highest BCUT2D eigenvalue weighted by atomic mass is 16.6. The largest absolute Gasteiger partial charge is 0.493 e. The minimum atomic E-state index is -0.553. The smallest absolute Gasteiger partial charge is 0.390 e. The number of hydrogen-bond acceptors (Lipinski definition) is 6. The van der Waals surface area contributed by atoms with E-state index in [1.807, 2.05) is 12.1 Å². The highest BCUT2D eigenvalue weighted by molar-refractivity contribution is 5.37. The number of rotatable bonds is 5. The summed E-state index contributed by atoms with van der Waals surface area (Å²) < 4.78 is 1.50. The Bertz CT molecular complexity index is 651. The lowest BCUT2D eigenvalue weighted by atomic mass is 10.2. The van der Waals surface area contributed by atoms with Crippen LogP contribution in [0.25, 0.3) is 0 Å². The molecule has 8 heteroatoms. The normalized spacial score (nSPS) is 15.1. The molecule has 1 aliphatic carbocycles. The third kappa shape index (κ3) is 2.90. The zero-order valence-corrected chi connectivity index (χ0v) is 12.4. The fraction of sp³-hybridized carbons (Fsp3) is 0.500. The molecular formula is C14H18N6O2. The molecule has 0 N–H and O–H groups in total. The van der Waals surface area contributed by atoms with Gasteiger partial charge in [0, 0.05) is 37.1 Å². The molecule has 8 nitrogen and oxygen atoms in total. The Balaban J connectivity index is 1.92. The third-order valence-corrected chi connectivity index (χ3v) is 4.02. The first kappa shape index (κ1) is 14.4. The Morgan fingerprint density at radius 2 is 2.05 bits per heavy atom. The van der Waals surface area contributed by atoms with Gasteiger partial charge in [0.15, 0.2) is 0 Å². The summed E-state index contributed by atoms with van der Waals surface area (Å²) in [5.41, 5.74) is 1.10. The van der Waals surface area contributed by atoms with Crippen molar-refractivity contribution < 1.29 is 4.92 Å². The Labute approximate surface area is 127 Å². The molecule has 0 spiro atoms. The second-order valence-electron chi connectivity index (χ2n) is 5.51. The molecule has 0 bridgehead atoms. The van der Waals surface area contributed by atoms with Gasteiger partial charge in [0.05, 0.1) is 0 Å². The van der Waals surface area contributed by atoms with Crippen LogP contribution in [0, 0.1) is 10.1 Å². The monoisotopic (exact) mass is 302 g/mol. The molecule has 1 aliphatic rings. The molecule has 2 aromatic heterocycles. The first-order valence-electron chi connectivity index (χ1n) is 7.36. The second kappa shape index (κ2) is 6.08. The maximum Gasteiger partial charge on any atom is 0.493 e. The highest BCUT2D eigenvalue weighted by Crippen LogP contribution is 2.29. The molecule has 2 heterocycles. The van der Waals surface area contributed by atoms with Crippen LogP contribution in [0.5, 0.6) is 0 Å². The van der Waals surface area contributed by atoms with Crippen LogP contribution in [-0.2, 0) is 13.6 Å². The molecule has 3 rings (SSSR count). The Hall–Kier alpha value is -2.51. The molecule has 1 saturated carbocycles. The van der Waals surface area contributed by atoms with Crippen LogP contribution in [0.4, 0.5) is 11.9 Å². The number of aryl methyl sites for hydroxylation is 1. The predicted octanol–water partition coefficient (Wildman–Crippen LogP) is 2.07. The highest BCUT2D eigenvalue weighted by Gasteiger charge is 2.31. The number of hydrogen-bond donors (Lipinski definition) is 0. The van der Waals surface area contributed by atoms with E-state index in [2.05, 4.69) is 20.0 Å². The van der Waals surface area contributed by atoms with Gasteiger partial charge in [-0.25, -0.2) is 0 Å². The minimum Gasteiger partial charge on any atom is -0.390 e. The average molecular weight is 302 g/mol. The van der Waals surface area contributed by atoms with Gasteiger partial charge in [-0.3, -0.25) is 4.98 Å². The van der Waals surface area contributed by atoms with Crippen molar-refractivity contribution in [3.8, 4) is 0 Å². The summed E-state index contributed by atoms with van der Waals surface area (Å²) in [6.45, 7) is 0.650. The van der Waals surface area contributed by atoms with Crippen molar-refractivity contribution in [2.24, 2.45) is 7.05 Å². The van der Waals surface area contributed by atoms with Crippen molar-refractivity contribution >= 4 is 11.9 Å². The molecule has 1 fully saturated rings. The standard InChI is InChI=1S/C14H18N6O2/c1-18-14(16-13(17-18)20(21)22)19(12-4-2-3-5-12)10-11-6-8-15-9-7-11/h6-9,12H,2-5,10H2,1H3. The van der Waals surface area contributed by atoms with Crippen molar-refractivity contribution in [2.75, 3.05) is 4.90 Å². The lowest BCUT2D eigenvalue weighted by molar-refractivity contribution is -0.394. The van der Waals surface area contributed by atoms with E-state index in [9.17, 15) is 10.1 Å². The summed E-state index contributed by atoms with van der Waals surface area (Å²) in [6, 6.07) is 4.25. The van der Waals surface area contributed by atoms with Crippen LogP contribution in [0.1, 0.15) is 31.2 Å². The predicted molar refractivity (Wildman–Crippen MR) is 80.3 cm³/mol. The molecule has 0 amide bonds. The summed E-state index contributed by atoms with van der Waals surface area (Å²) in [4.78, 5) is 20.6. The molecule has 2 aromatic rings. The van der Waals surface area contributed by atoms with Gasteiger partial charge in [0.2, 0.25) is 0 Å². The first-order valence-corrected chi connectivity index (χ1v) is 7.36. The maximum absolute atomic E-state index is 10.9. The van der Waals surface area contributed by atoms with Crippen LogP contribution in [0.3, 0.4) is 0 Å². The summed E-state index contributed by atoms with van der Waals surface area (Å²) in [5, 5.41) is 14.8. The van der Waals surface area contributed by atoms with Gasteiger partial charge in [0.1, 0.15) is 0 Å². The van der Waals surface area contributed by atoms with E-state index in [1.165, 1.54) is 17.5 Å². The number of nitrogens with zero attached hydrogens (tertiary/aromatic N) is 6. The maximum atomic E-state index is 10.9. The molecule has 0 radical (unpaired) electrons. The molecule has 0 aliphatic heterocycles. The Morgan fingerprint density at radius 1 is 1.36 bits per heavy atom. The van der Waals surface area contributed by atoms with E-state index in [1.54, 1.807) is 19.4 Å². The third-order valence-electron chi connectivity index (χ3n) is 4.02. The lowest BCUT2D eigenvalue weighted by Crippen LogP contribution is -2.34. The molecule has 0 unspecified atom stereocenters. The van der Waals surface area contributed by atoms with E-state index in [0.29, 0.717) is 18.5 Å². The van der Waals surface area contributed by atoms with Crippen molar-refractivity contribution in [2.45, 2.75) is 38.3 Å². The number of pyridine rings is 1. The topological polar surface area (TPSA) is 90.0 Å². The van der Waals surface area contributed by atoms with Crippen LogP contribution in [0.2, 0.25) is 0 Å². The van der Waals surface area contributed by atoms with Crippen LogP contribution in [-0.4, -0.2) is 30.7 Å². The van der Waals surface area contributed by atoms with Crippen LogP contribution >= 0.6 is 0 Å². The van der Waals surface area contributed by atoms with Gasteiger partial charge in [-0.1, -0.05) is 12.8 Å². The minimum absolute atomic E-state index is 0.343. The van der Waals surface area contributed by atoms with Crippen molar-refractivity contribution in [3.63, 3.8) is 0 Å². The Kier molecular flexibility index (Phi) is 3.99. The fourth-order valence-corrected chi connectivity index (χ4v) is 2.95. The van der Waals surface area contributed by atoms with E-state index in [0.717, 1.165) is 18.4 Å². The summed E-state index contributed by atoms with van der Waals surface area (Å²) in [7, 11) is 1.70. The van der Waals surface area contributed by atoms with Gasteiger partial charge >= 0.3 is 11.9 Å². The molecular weight excluding hydrogens is 284 g/mol. The summed E-state index contributed by atoms with van der Waals surface area (Å²) in [6.07, 6.45) is 8.01. The van der Waals surface area contributed by atoms with Crippen molar-refractivity contribution in [3.05, 3.63) is 40.2 Å². The van der Waals surface area contributed by atoms with Crippen molar-refractivity contribution in [1.82, 2.24) is 19.7 Å². The molecule has 0 atom stereocenters. The van der Waals surface area contributed by atoms with Gasteiger partial charge < -0.3 is 15.0 Å². The quantitative estimate of drug-likeness (QED) is 0.620. The summed E-state index contributed by atoms with van der Waals surface area (Å²) >= 11 is 0. The zero-order chi connectivity index (χ0) is 15.5. The van der Waals surface area contributed by atoms with E-state index < -0.39 is 4.92 Å². The Morgan fingerprint density at radius 3 is 2.64 bits per heavy atom. The number of aromatic nitrogens is 4. The average Bonchev–Trinajstić information content (AvgIpc) is 3.16. The zero-order valence-electron chi connectivity index (χ0n) is 12.4. The van der Waals surface area contributed by atoms with E-state index in [4.69, 9.17) is 0 Å².